The molecule has 6 nitrogen and oxygen atoms in total. The van der Waals surface area contributed by atoms with Crippen LogP contribution in [0.4, 0.5) is 0 Å². The molecule has 1 heterocycles. The van der Waals surface area contributed by atoms with E-state index in [-0.39, 0.29) is 41.1 Å². The molecule has 1 amide bonds. The van der Waals surface area contributed by atoms with E-state index in [1.807, 2.05) is 30.3 Å². The number of ether oxygens (including phenoxy) is 1. The number of piperidine rings is 1. The van der Waals surface area contributed by atoms with Gasteiger partial charge in [0.15, 0.2) is 0 Å². The number of primary amides is 1. The summed E-state index contributed by atoms with van der Waals surface area (Å²) in [6.45, 7) is 0.749. The molecule has 0 aromatic heterocycles. The van der Waals surface area contributed by atoms with E-state index in [2.05, 4.69) is 0 Å². The summed E-state index contributed by atoms with van der Waals surface area (Å²) in [6.07, 6.45) is 1.02. The minimum absolute atomic E-state index is 0.00977. The molecule has 156 valence electrons. The van der Waals surface area contributed by atoms with Crippen LogP contribution in [0.3, 0.4) is 0 Å². The first kappa shape index (κ1) is 21.9. The first-order chi connectivity index (χ1) is 13.7. The molecule has 1 fully saturated rings. The number of nitrogens with zero attached hydrogens (tertiary/aromatic N) is 1. The Balaban J connectivity index is 1.75. The Hall–Kier alpha value is -1.80. The van der Waals surface area contributed by atoms with E-state index in [1.54, 1.807) is 6.07 Å². The number of rotatable bonds is 7. The molecular weight excluding hydrogens is 435 g/mol. The molecule has 0 spiro atoms. The monoisotopic (exact) mass is 456 g/mol. The van der Waals surface area contributed by atoms with Gasteiger partial charge < -0.3 is 10.5 Å². The Bertz CT molecular complexity index is 975. The minimum Gasteiger partial charge on any atom is -0.493 e. The number of halogens is 2. The molecule has 0 aliphatic carbocycles. The normalized spacial score (nSPS) is 17.0. The van der Waals surface area contributed by atoms with Crippen LogP contribution in [-0.4, -0.2) is 38.3 Å². The lowest BCUT2D eigenvalue weighted by Gasteiger charge is -2.40. The molecule has 9 heteroatoms. The van der Waals surface area contributed by atoms with Crippen LogP contribution in [0, 0.1) is 5.41 Å². The van der Waals surface area contributed by atoms with Gasteiger partial charge in [-0.25, -0.2) is 8.42 Å². The van der Waals surface area contributed by atoms with Crippen LogP contribution in [0.2, 0.25) is 10.0 Å². The summed E-state index contributed by atoms with van der Waals surface area (Å²) in [6, 6.07) is 13.8. The number of benzene rings is 2. The zero-order valence-corrected chi connectivity index (χ0v) is 18.0. The number of carbonyl (C=O) groups excluding carboxylic acids is 1. The topological polar surface area (TPSA) is 89.7 Å². The van der Waals surface area contributed by atoms with E-state index in [0.717, 1.165) is 0 Å². The third-order valence-corrected chi connectivity index (χ3v) is 8.03. The molecule has 0 unspecified atom stereocenters. The highest BCUT2D eigenvalue weighted by atomic mass is 35.5. The molecule has 1 aliphatic rings. The van der Waals surface area contributed by atoms with Crippen molar-refractivity contribution in [3.63, 3.8) is 0 Å². The molecule has 3 rings (SSSR count). The van der Waals surface area contributed by atoms with Crippen molar-refractivity contribution in [2.24, 2.45) is 11.1 Å². The van der Waals surface area contributed by atoms with Crippen molar-refractivity contribution < 1.29 is 17.9 Å². The summed E-state index contributed by atoms with van der Waals surface area (Å²) in [5, 5.41) is 0.194. The number of para-hydroxylation sites is 1. The lowest BCUT2D eigenvalue weighted by molar-refractivity contribution is -0.121. The number of nitrogens with two attached hydrogens (primary N) is 1. The molecule has 0 bridgehead atoms. The van der Waals surface area contributed by atoms with E-state index < -0.39 is 21.3 Å². The van der Waals surface area contributed by atoms with E-state index in [4.69, 9.17) is 33.7 Å². The number of hydrogen-bond donors (Lipinski definition) is 1. The van der Waals surface area contributed by atoms with E-state index >= 15 is 0 Å². The maximum atomic E-state index is 13.0. The summed E-state index contributed by atoms with van der Waals surface area (Å²) in [7, 11) is -3.80. The van der Waals surface area contributed by atoms with Gasteiger partial charge in [-0.3, -0.25) is 4.79 Å². The van der Waals surface area contributed by atoms with Gasteiger partial charge in [0.2, 0.25) is 15.9 Å². The Kier molecular flexibility index (Phi) is 6.73. The third kappa shape index (κ3) is 5.04. The van der Waals surface area contributed by atoms with Crippen molar-refractivity contribution in [3.05, 3.63) is 58.6 Å². The number of amides is 1. The van der Waals surface area contributed by atoms with Crippen molar-refractivity contribution in [2.45, 2.75) is 24.2 Å². The van der Waals surface area contributed by atoms with Gasteiger partial charge in [-0.1, -0.05) is 47.5 Å². The number of sulfonamides is 1. The van der Waals surface area contributed by atoms with Crippen molar-refractivity contribution in [1.82, 2.24) is 4.31 Å². The van der Waals surface area contributed by atoms with Gasteiger partial charge >= 0.3 is 0 Å². The zero-order valence-electron chi connectivity index (χ0n) is 15.7. The van der Waals surface area contributed by atoms with Crippen LogP contribution in [0.1, 0.15) is 19.3 Å². The van der Waals surface area contributed by atoms with Crippen LogP contribution in [0.25, 0.3) is 0 Å². The van der Waals surface area contributed by atoms with E-state index in [0.29, 0.717) is 18.6 Å². The summed E-state index contributed by atoms with van der Waals surface area (Å²) in [5.41, 5.74) is 4.95. The Morgan fingerprint density at radius 2 is 1.72 bits per heavy atom. The second kappa shape index (κ2) is 8.92. The lowest BCUT2D eigenvalue weighted by atomic mass is 9.76. The van der Waals surface area contributed by atoms with Crippen molar-refractivity contribution >= 4 is 39.1 Å². The molecular formula is C20H22Cl2N2O4S. The predicted molar refractivity (Wildman–Crippen MR) is 113 cm³/mol. The molecule has 0 radical (unpaired) electrons. The number of hydrogen-bond acceptors (Lipinski definition) is 4. The van der Waals surface area contributed by atoms with Gasteiger partial charge in [0, 0.05) is 24.9 Å². The van der Waals surface area contributed by atoms with Gasteiger partial charge in [0.05, 0.1) is 16.7 Å². The summed E-state index contributed by atoms with van der Waals surface area (Å²) in [5.74, 6) is 0.257. The lowest BCUT2D eigenvalue weighted by Crippen LogP contribution is -2.47. The van der Waals surface area contributed by atoms with Gasteiger partial charge in [0.1, 0.15) is 10.6 Å². The molecule has 1 aliphatic heterocycles. The van der Waals surface area contributed by atoms with Gasteiger partial charge in [-0.15, -0.1) is 0 Å². The van der Waals surface area contributed by atoms with Crippen LogP contribution >= 0.6 is 23.2 Å². The zero-order chi connectivity index (χ0) is 21.1. The quantitative estimate of drug-likeness (QED) is 0.687. The van der Waals surface area contributed by atoms with Crippen LogP contribution < -0.4 is 10.5 Å². The Labute approximate surface area is 180 Å². The molecule has 0 saturated carbocycles. The molecule has 29 heavy (non-hydrogen) atoms. The van der Waals surface area contributed by atoms with Gasteiger partial charge in [-0.2, -0.15) is 4.31 Å². The maximum Gasteiger partial charge on any atom is 0.244 e. The Morgan fingerprint density at radius 1 is 1.07 bits per heavy atom. The predicted octanol–water partition coefficient (Wildman–Crippen LogP) is 3.72. The second-order valence-corrected chi connectivity index (χ2v) is 9.89. The van der Waals surface area contributed by atoms with Crippen LogP contribution in [0.5, 0.6) is 5.75 Å². The molecule has 0 atom stereocenters. The highest BCUT2D eigenvalue weighted by Crippen LogP contribution is 2.39. The fourth-order valence-electron chi connectivity index (χ4n) is 3.52. The summed E-state index contributed by atoms with van der Waals surface area (Å²) in [4.78, 5) is 11.6. The molecule has 1 saturated heterocycles. The SMILES string of the molecule is NC(=O)CC1(COc2ccccc2)CCN(S(=O)(=O)c2cccc(Cl)c2Cl)CC1. The summed E-state index contributed by atoms with van der Waals surface area (Å²) >= 11 is 12.1. The average Bonchev–Trinajstić information content (AvgIpc) is 2.69. The summed E-state index contributed by atoms with van der Waals surface area (Å²) < 4.78 is 33.3. The maximum absolute atomic E-state index is 13.0. The smallest absolute Gasteiger partial charge is 0.244 e. The molecule has 2 aromatic rings. The first-order valence-corrected chi connectivity index (χ1v) is 11.3. The standard InChI is InChI=1S/C20H22Cl2N2O4S/c21-16-7-4-8-17(19(16)22)29(26,27)24-11-9-20(10-12-24,13-18(23)25)14-28-15-5-2-1-3-6-15/h1-8H,9-14H2,(H2,23,25). The van der Waals surface area contributed by atoms with E-state index in [1.165, 1.54) is 16.4 Å². The van der Waals surface area contributed by atoms with Crippen molar-refractivity contribution in [3.8, 4) is 5.75 Å². The largest absolute Gasteiger partial charge is 0.493 e. The minimum atomic E-state index is -3.80. The highest BCUT2D eigenvalue weighted by molar-refractivity contribution is 7.89. The fourth-order valence-corrected chi connectivity index (χ4v) is 5.70. The highest BCUT2D eigenvalue weighted by Gasteiger charge is 2.41. The Morgan fingerprint density at radius 3 is 2.34 bits per heavy atom. The average molecular weight is 457 g/mol. The first-order valence-electron chi connectivity index (χ1n) is 9.14. The second-order valence-electron chi connectivity index (χ2n) is 7.20. The third-order valence-electron chi connectivity index (χ3n) is 5.15. The van der Waals surface area contributed by atoms with Crippen molar-refractivity contribution in [2.75, 3.05) is 19.7 Å². The number of carbonyl (C=O) groups is 1. The molecule has 2 N–H and O–H groups in total. The van der Waals surface area contributed by atoms with Crippen molar-refractivity contribution in [1.29, 1.82) is 0 Å². The molecule has 2 aromatic carbocycles. The van der Waals surface area contributed by atoms with Crippen LogP contribution in [-0.2, 0) is 14.8 Å². The van der Waals surface area contributed by atoms with Gasteiger partial charge in [-0.05, 0) is 37.1 Å². The fraction of sp³-hybridized carbons (Fsp3) is 0.350. The van der Waals surface area contributed by atoms with E-state index in [9.17, 15) is 13.2 Å². The van der Waals surface area contributed by atoms with Crippen LogP contribution in [0.15, 0.2) is 53.4 Å². The van der Waals surface area contributed by atoms with Gasteiger partial charge in [0.25, 0.3) is 0 Å².